The van der Waals surface area contributed by atoms with Crippen molar-refractivity contribution in [3.63, 3.8) is 0 Å². The van der Waals surface area contributed by atoms with E-state index < -0.39 is 29.7 Å². The maximum absolute atomic E-state index is 11.1. The van der Waals surface area contributed by atoms with Crippen LogP contribution in [0.3, 0.4) is 0 Å². The number of carbonyl (C=O) groups is 3. The molecule has 0 spiro atoms. The van der Waals surface area contributed by atoms with Gasteiger partial charge in [-0.25, -0.2) is 4.79 Å². The van der Waals surface area contributed by atoms with Gasteiger partial charge in [0.1, 0.15) is 12.0 Å². The molecule has 0 amide bonds. The van der Waals surface area contributed by atoms with Gasteiger partial charge in [0.15, 0.2) is 5.78 Å². The van der Waals surface area contributed by atoms with Crippen molar-refractivity contribution < 1.29 is 24.6 Å². The topological polar surface area (TPSA) is 94.9 Å². The number of ketones is 1. The van der Waals surface area contributed by atoms with E-state index in [0.717, 1.165) is 6.20 Å². The maximum Gasteiger partial charge on any atom is 0.340 e. The molecule has 0 heterocycles. The van der Waals surface area contributed by atoms with Gasteiger partial charge in [0.2, 0.25) is 0 Å². The lowest BCUT2D eigenvalue weighted by atomic mass is 10.1. The summed E-state index contributed by atoms with van der Waals surface area (Å²) in [6.07, 6.45) is 0.263. The van der Waals surface area contributed by atoms with Gasteiger partial charge in [-0.2, -0.15) is 0 Å². The molecule has 78 valence electrons. The highest BCUT2D eigenvalue weighted by atomic mass is 16.4. The van der Waals surface area contributed by atoms with Gasteiger partial charge >= 0.3 is 11.9 Å². The van der Waals surface area contributed by atoms with Crippen molar-refractivity contribution in [1.29, 1.82) is 0 Å². The first-order chi connectivity index (χ1) is 6.34. The fraction of sp³-hybridized carbons (Fsp3) is 0.375. The molecule has 0 aliphatic rings. The fourth-order valence-corrected chi connectivity index (χ4v) is 0.737. The van der Waals surface area contributed by atoms with Crippen LogP contribution in [-0.2, 0) is 14.4 Å². The Hall–Kier alpha value is -1.85. The molecule has 0 bridgehead atoms. The minimum Gasteiger partial charge on any atom is -0.481 e. The zero-order valence-electron chi connectivity index (χ0n) is 7.85. The summed E-state index contributed by atoms with van der Waals surface area (Å²) in [6.45, 7) is 0. The highest BCUT2D eigenvalue weighted by Gasteiger charge is 2.19. The number of carboxylic acid groups (broad SMARTS) is 2. The van der Waals surface area contributed by atoms with Crippen LogP contribution in [0.15, 0.2) is 11.8 Å². The van der Waals surface area contributed by atoms with Crippen LogP contribution in [-0.4, -0.2) is 46.9 Å². The number of aliphatic carboxylic acids is 2. The minimum absolute atomic E-state index is 0.530. The summed E-state index contributed by atoms with van der Waals surface area (Å²) in [5.74, 6) is -3.69. The lowest BCUT2D eigenvalue weighted by molar-refractivity contribution is -0.140. The van der Waals surface area contributed by atoms with Gasteiger partial charge in [0, 0.05) is 20.3 Å². The summed E-state index contributed by atoms with van der Waals surface area (Å²) in [5.41, 5.74) is -0.530. The predicted molar refractivity (Wildman–Crippen MR) is 46.7 cm³/mol. The second kappa shape index (κ2) is 5.00. The van der Waals surface area contributed by atoms with Gasteiger partial charge in [-0.15, -0.1) is 0 Å². The van der Waals surface area contributed by atoms with E-state index in [1.165, 1.54) is 19.0 Å². The number of hydrogen-bond acceptors (Lipinski definition) is 4. The van der Waals surface area contributed by atoms with Crippen molar-refractivity contribution in [3.8, 4) is 0 Å². The van der Waals surface area contributed by atoms with Crippen molar-refractivity contribution in [2.45, 2.75) is 6.42 Å². The Bertz CT molecular complexity index is 292. The molecule has 0 fully saturated rings. The molecule has 0 saturated carbocycles. The number of rotatable bonds is 5. The molecule has 0 aromatic heterocycles. The second-order valence-corrected chi connectivity index (χ2v) is 2.81. The normalized spacial score (nSPS) is 10.9. The fourth-order valence-electron chi connectivity index (χ4n) is 0.737. The second-order valence-electron chi connectivity index (χ2n) is 2.81. The van der Waals surface area contributed by atoms with E-state index in [4.69, 9.17) is 10.2 Å². The molecule has 0 aromatic carbocycles. The summed E-state index contributed by atoms with van der Waals surface area (Å²) in [5, 5.41) is 16.9. The first-order valence-corrected chi connectivity index (χ1v) is 3.71. The van der Waals surface area contributed by atoms with Gasteiger partial charge in [-0.3, -0.25) is 9.59 Å². The van der Waals surface area contributed by atoms with Crippen molar-refractivity contribution in [2.75, 3.05) is 14.1 Å². The average Bonchev–Trinajstić information content (AvgIpc) is 1.97. The molecule has 6 nitrogen and oxygen atoms in total. The van der Waals surface area contributed by atoms with E-state index in [-0.39, 0.29) is 0 Å². The summed E-state index contributed by atoms with van der Waals surface area (Å²) < 4.78 is 0. The lowest BCUT2D eigenvalue weighted by Crippen LogP contribution is -2.18. The zero-order valence-corrected chi connectivity index (χ0v) is 7.85. The molecule has 2 N–H and O–H groups in total. The van der Waals surface area contributed by atoms with Gasteiger partial charge in [-0.1, -0.05) is 0 Å². The Kier molecular flexibility index (Phi) is 4.34. The van der Waals surface area contributed by atoms with E-state index >= 15 is 0 Å². The third kappa shape index (κ3) is 4.24. The molecule has 0 aliphatic heterocycles. The van der Waals surface area contributed by atoms with Crippen LogP contribution < -0.4 is 0 Å². The minimum atomic E-state index is -1.43. The number of hydrogen-bond donors (Lipinski definition) is 2. The number of carboxylic acids is 2. The molecule has 0 saturated heterocycles. The number of carbonyl (C=O) groups excluding carboxylic acids is 1. The maximum atomic E-state index is 11.1. The summed E-state index contributed by atoms with van der Waals surface area (Å²) in [7, 11) is 3.08. The Labute approximate surface area is 80.4 Å². The predicted octanol–water partition coefficient (Wildman–Crippen LogP) is -0.440. The molecule has 14 heavy (non-hydrogen) atoms. The van der Waals surface area contributed by atoms with E-state index in [1.54, 1.807) is 0 Å². The van der Waals surface area contributed by atoms with E-state index in [1.807, 2.05) is 0 Å². The van der Waals surface area contributed by atoms with Crippen molar-refractivity contribution >= 4 is 17.7 Å². The van der Waals surface area contributed by atoms with Crippen LogP contribution in [0.4, 0.5) is 0 Å². The Morgan fingerprint density at radius 3 is 2.00 bits per heavy atom. The smallest absolute Gasteiger partial charge is 0.340 e. The monoisotopic (exact) mass is 201 g/mol. The van der Waals surface area contributed by atoms with Crippen LogP contribution in [0.25, 0.3) is 0 Å². The molecule has 0 unspecified atom stereocenters. The van der Waals surface area contributed by atoms with Gasteiger partial charge in [-0.05, 0) is 0 Å². The van der Waals surface area contributed by atoms with Gasteiger partial charge in [0.25, 0.3) is 0 Å². The highest BCUT2D eigenvalue weighted by molar-refractivity contribution is 6.20. The Balaban J connectivity index is 4.76. The van der Waals surface area contributed by atoms with E-state index in [2.05, 4.69) is 0 Å². The van der Waals surface area contributed by atoms with Gasteiger partial charge in [0.05, 0.1) is 0 Å². The van der Waals surface area contributed by atoms with E-state index in [9.17, 15) is 14.4 Å². The quantitative estimate of drug-likeness (QED) is 0.355. The number of nitrogens with zero attached hydrogens (tertiary/aromatic N) is 1. The largest absolute Gasteiger partial charge is 0.481 e. The molecule has 0 rings (SSSR count). The highest BCUT2D eigenvalue weighted by Crippen LogP contribution is 2.01. The summed E-state index contributed by atoms with van der Waals surface area (Å²) in [6, 6.07) is 0. The third-order valence-electron chi connectivity index (χ3n) is 1.23. The average molecular weight is 201 g/mol. The Morgan fingerprint density at radius 1 is 1.21 bits per heavy atom. The molecule has 0 aliphatic carbocycles. The number of Topliss-reactive ketones (excluding diaryl/α,β-unsaturated/α-hetero) is 1. The molecule has 0 radical (unpaired) electrons. The van der Waals surface area contributed by atoms with Gasteiger partial charge < -0.3 is 15.1 Å². The Morgan fingerprint density at radius 2 is 1.71 bits per heavy atom. The molecule has 0 aromatic rings. The van der Waals surface area contributed by atoms with Crippen molar-refractivity contribution in [3.05, 3.63) is 11.8 Å². The summed E-state index contributed by atoms with van der Waals surface area (Å²) in [4.78, 5) is 33.2. The SMILES string of the molecule is CN(C)/C=C(\C(=O)O)C(=O)CC(=O)O. The summed E-state index contributed by atoms with van der Waals surface area (Å²) >= 11 is 0. The van der Waals surface area contributed by atoms with Crippen LogP contribution in [0.2, 0.25) is 0 Å². The van der Waals surface area contributed by atoms with Crippen LogP contribution >= 0.6 is 0 Å². The first kappa shape index (κ1) is 12.2. The van der Waals surface area contributed by atoms with Crippen LogP contribution in [0, 0.1) is 0 Å². The zero-order chi connectivity index (χ0) is 11.3. The van der Waals surface area contributed by atoms with Crippen molar-refractivity contribution in [2.24, 2.45) is 0 Å². The molecular formula is C8H11NO5. The molecule has 6 heteroatoms. The van der Waals surface area contributed by atoms with Crippen LogP contribution in [0.5, 0.6) is 0 Å². The van der Waals surface area contributed by atoms with E-state index in [0.29, 0.717) is 0 Å². The van der Waals surface area contributed by atoms with Crippen LogP contribution in [0.1, 0.15) is 6.42 Å². The molecule has 0 atom stereocenters. The lowest BCUT2D eigenvalue weighted by Gasteiger charge is -2.06. The first-order valence-electron chi connectivity index (χ1n) is 3.71. The molecular weight excluding hydrogens is 190 g/mol. The third-order valence-corrected chi connectivity index (χ3v) is 1.23. The standard InChI is InChI=1S/C8H11NO5/c1-9(2)4-5(8(13)14)6(10)3-7(11)12/h4H,3H2,1-2H3,(H,11,12)(H,13,14)/b5-4-. The van der Waals surface area contributed by atoms with Crippen molar-refractivity contribution in [1.82, 2.24) is 4.90 Å².